The van der Waals surface area contributed by atoms with E-state index in [1.165, 1.54) is 167 Å². The van der Waals surface area contributed by atoms with Gasteiger partial charge in [-0.2, -0.15) is 8.42 Å². The van der Waals surface area contributed by atoms with Crippen LogP contribution in [-0.4, -0.2) is 67.2 Å². The molecular formula is C36H74N2O8S2. The molecule has 0 fully saturated rings. The van der Waals surface area contributed by atoms with Crippen molar-refractivity contribution in [1.29, 1.82) is 0 Å². The lowest BCUT2D eigenvalue weighted by atomic mass is 10.0. The van der Waals surface area contributed by atoms with E-state index >= 15 is 0 Å². The van der Waals surface area contributed by atoms with Gasteiger partial charge in [-0.15, -0.1) is 0 Å². The average molecular weight is 727 g/mol. The first-order chi connectivity index (χ1) is 22.5. The summed E-state index contributed by atoms with van der Waals surface area (Å²) >= 11 is 0. The Bertz CT molecular complexity index is 941. The van der Waals surface area contributed by atoms with Crippen molar-refractivity contribution in [2.24, 2.45) is 0 Å². The zero-order valence-corrected chi connectivity index (χ0v) is 33.0. The van der Waals surface area contributed by atoms with Crippen LogP contribution in [0.25, 0.3) is 0 Å². The van der Waals surface area contributed by atoms with Crippen molar-refractivity contribution < 1.29 is 44.1 Å². The van der Waals surface area contributed by atoms with Gasteiger partial charge in [-0.1, -0.05) is 148 Å². The van der Waals surface area contributed by atoms with Gasteiger partial charge in [-0.25, -0.2) is 4.57 Å². The van der Waals surface area contributed by atoms with Crippen molar-refractivity contribution in [3.8, 4) is 0 Å². The smallest absolute Gasteiger partial charge is 0.394 e. The molecule has 0 aliphatic carbocycles. The molecule has 0 saturated heterocycles. The number of hydrogen-bond acceptors (Lipinski definition) is 6. The molecule has 0 bridgehead atoms. The second kappa shape index (κ2) is 35.7. The third kappa shape index (κ3) is 67.1. The number of aromatic nitrogens is 1. The van der Waals surface area contributed by atoms with Gasteiger partial charge in [0.05, 0.1) is 27.7 Å². The van der Waals surface area contributed by atoms with E-state index in [0.717, 1.165) is 4.48 Å². The summed E-state index contributed by atoms with van der Waals surface area (Å²) < 4.78 is 69.1. The Morgan fingerprint density at radius 2 is 0.750 bits per heavy atom. The minimum absolute atomic E-state index is 1.12. The minimum Gasteiger partial charge on any atom is -0.759 e. The summed E-state index contributed by atoms with van der Waals surface area (Å²) in [6.45, 7) is 7.09. The van der Waals surface area contributed by atoms with Crippen LogP contribution >= 0.6 is 0 Å². The van der Waals surface area contributed by atoms with Crippen molar-refractivity contribution in [2.45, 2.75) is 174 Å². The Balaban J connectivity index is -0.000000659. The molecule has 0 radical (unpaired) electrons. The maximum Gasteiger partial charge on any atom is 0.394 e. The van der Waals surface area contributed by atoms with E-state index in [9.17, 15) is 0 Å². The van der Waals surface area contributed by atoms with Crippen molar-refractivity contribution in [3.63, 3.8) is 0 Å². The van der Waals surface area contributed by atoms with Gasteiger partial charge in [0.25, 0.3) is 0 Å². The molecule has 0 aliphatic rings. The number of nitrogens with zero attached hydrogens (tertiary/aromatic N) is 2. The monoisotopic (exact) mass is 726 g/mol. The third-order valence-electron chi connectivity index (χ3n) is 7.73. The second-order valence-corrected chi connectivity index (χ2v) is 15.5. The number of quaternary nitrogens is 1. The summed E-state index contributed by atoms with van der Waals surface area (Å²) in [5.41, 5.74) is 0. The Labute approximate surface area is 296 Å². The Kier molecular flexibility index (Phi) is 38.1. The molecule has 1 heterocycles. The van der Waals surface area contributed by atoms with Gasteiger partial charge in [0.1, 0.15) is 6.54 Å². The SMILES string of the molecule is CCCCCCCCCCCCCCCC[N+](C)(C)C.CCCCCCCCCCCC[n+]1ccccc1.O=S(=O)(O)O.O=S(=O)([O-])[O-]. The van der Waals surface area contributed by atoms with E-state index in [2.05, 4.69) is 70.2 Å². The van der Waals surface area contributed by atoms with Crippen molar-refractivity contribution in [3.05, 3.63) is 30.6 Å². The summed E-state index contributed by atoms with van der Waals surface area (Å²) in [7, 11) is -2.95. The highest BCUT2D eigenvalue weighted by Crippen LogP contribution is 2.13. The number of hydrogen-bond donors (Lipinski definition) is 2. The van der Waals surface area contributed by atoms with Crippen LogP contribution in [-0.2, 0) is 27.3 Å². The summed E-state index contributed by atoms with van der Waals surface area (Å²) in [4.78, 5) is 0. The van der Waals surface area contributed by atoms with Gasteiger partial charge in [0.15, 0.2) is 12.4 Å². The van der Waals surface area contributed by atoms with Crippen LogP contribution in [0.15, 0.2) is 30.6 Å². The van der Waals surface area contributed by atoms with E-state index in [1.807, 2.05) is 0 Å². The highest BCUT2D eigenvalue weighted by Gasteiger charge is 2.05. The zero-order chi connectivity index (χ0) is 37.0. The summed E-state index contributed by atoms with van der Waals surface area (Å²) in [5, 5.41) is 0. The van der Waals surface area contributed by atoms with Crippen LogP contribution < -0.4 is 4.57 Å². The molecule has 0 saturated carbocycles. The van der Waals surface area contributed by atoms with E-state index < -0.39 is 20.8 Å². The van der Waals surface area contributed by atoms with Crippen LogP contribution in [0.3, 0.4) is 0 Å². The zero-order valence-electron chi connectivity index (χ0n) is 31.3. The molecule has 0 aromatic carbocycles. The Morgan fingerprint density at radius 1 is 0.500 bits per heavy atom. The van der Waals surface area contributed by atoms with Crippen LogP contribution in [0.4, 0.5) is 0 Å². The number of rotatable bonds is 26. The molecule has 2 N–H and O–H groups in total. The van der Waals surface area contributed by atoms with Crippen molar-refractivity contribution >= 4 is 20.8 Å². The molecule has 0 amide bonds. The van der Waals surface area contributed by atoms with Gasteiger partial charge >= 0.3 is 10.4 Å². The Morgan fingerprint density at radius 3 is 1.02 bits per heavy atom. The van der Waals surface area contributed by atoms with Gasteiger partial charge in [-0.05, 0) is 19.3 Å². The molecule has 0 aliphatic heterocycles. The molecule has 0 atom stereocenters. The third-order valence-corrected chi connectivity index (χ3v) is 7.73. The Hall–Kier alpha value is -1.15. The fourth-order valence-corrected chi connectivity index (χ4v) is 5.15. The maximum absolute atomic E-state index is 8.74. The van der Waals surface area contributed by atoms with Gasteiger partial charge < -0.3 is 13.6 Å². The first kappa shape index (κ1) is 51.2. The molecule has 1 rings (SSSR count). The normalized spacial score (nSPS) is 11.4. The van der Waals surface area contributed by atoms with Gasteiger partial charge in [0, 0.05) is 29.0 Å². The highest BCUT2D eigenvalue weighted by molar-refractivity contribution is 7.80. The van der Waals surface area contributed by atoms with E-state index in [0.29, 0.717) is 0 Å². The molecule has 12 heteroatoms. The van der Waals surface area contributed by atoms with Crippen molar-refractivity contribution in [1.82, 2.24) is 0 Å². The number of pyridine rings is 1. The lowest BCUT2D eigenvalue weighted by Crippen LogP contribution is -2.35. The summed E-state index contributed by atoms with van der Waals surface area (Å²) in [6, 6.07) is 6.29. The van der Waals surface area contributed by atoms with E-state index in [-0.39, 0.29) is 0 Å². The molecule has 10 nitrogen and oxygen atoms in total. The van der Waals surface area contributed by atoms with Crippen molar-refractivity contribution in [2.75, 3.05) is 27.7 Å². The van der Waals surface area contributed by atoms with Crippen LogP contribution in [0.1, 0.15) is 168 Å². The van der Waals surface area contributed by atoms with Gasteiger partial charge in [0.2, 0.25) is 0 Å². The minimum atomic E-state index is -5.17. The lowest BCUT2D eigenvalue weighted by Gasteiger charge is -2.23. The molecule has 1 aromatic rings. The second-order valence-electron chi connectivity index (χ2n) is 13.8. The fraction of sp³-hybridized carbons (Fsp3) is 0.861. The molecule has 0 unspecified atom stereocenters. The first-order valence-electron chi connectivity index (χ1n) is 18.6. The average Bonchev–Trinajstić information content (AvgIpc) is 2.97. The fourth-order valence-electron chi connectivity index (χ4n) is 5.15. The maximum atomic E-state index is 8.74. The lowest BCUT2D eigenvalue weighted by molar-refractivity contribution is -0.870. The highest BCUT2D eigenvalue weighted by atomic mass is 32.3. The summed E-state index contributed by atoms with van der Waals surface area (Å²) in [5.74, 6) is 0. The van der Waals surface area contributed by atoms with Crippen LogP contribution in [0.2, 0.25) is 0 Å². The topological polar surface area (TPSA) is 159 Å². The largest absolute Gasteiger partial charge is 0.759 e. The molecule has 48 heavy (non-hydrogen) atoms. The van der Waals surface area contributed by atoms with E-state index in [4.69, 9.17) is 35.0 Å². The quantitative estimate of drug-likeness (QED) is 0.0314. The summed E-state index contributed by atoms with van der Waals surface area (Å²) in [6.07, 6.45) is 38.8. The predicted molar refractivity (Wildman–Crippen MR) is 196 cm³/mol. The molecular weight excluding hydrogens is 653 g/mol. The van der Waals surface area contributed by atoms with E-state index in [1.54, 1.807) is 0 Å². The van der Waals surface area contributed by atoms with Crippen LogP contribution in [0, 0.1) is 0 Å². The molecule has 0 spiro atoms. The predicted octanol–water partition coefficient (Wildman–Crippen LogP) is 9.08. The van der Waals surface area contributed by atoms with Gasteiger partial charge in [-0.3, -0.25) is 17.5 Å². The standard InChI is InChI=1S/C19H42N.C17H30N.2H2O4S/c1-5-6-7-8-9-10-11-12-13-14-15-16-17-18-19-20(2,3)4;1-2-3-4-5-6-7-8-9-10-12-15-18-16-13-11-14-17-18;2*1-5(2,3)4/h5-19H2,1-4H3;11,13-14,16-17H,2-10,12,15H2,1H3;2*(H2,1,2,3,4)/q2*+1;;/p-2. The molecule has 288 valence electrons. The number of aryl methyl sites for hydroxylation is 1. The number of unbranched alkanes of at least 4 members (excludes halogenated alkanes) is 22. The molecule has 1 aromatic heterocycles. The first-order valence-corrected chi connectivity index (χ1v) is 21.3. The van der Waals surface area contributed by atoms with Crippen LogP contribution in [0.5, 0.6) is 0 Å².